The maximum absolute atomic E-state index is 9.44. The highest BCUT2D eigenvalue weighted by molar-refractivity contribution is 5.72. The zero-order valence-corrected chi connectivity index (χ0v) is 15.5. The first kappa shape index (κ1) is 28.9. The van der Waals surface area contributed by atoms with Crippen molar-refractivity contribution >= 4 is 12.1 Å². The van der Waals surface area contributed by atoms with E-state index in [1.807, 2.05) is 13.8 Å². The van der Waals surface area contributed by atoms with Gasteiger partial charge >= 0.3 is 0 Å². The van der Waals surface area contributed by atoms with Gasteiger partial charge in [0.25, 0.3) is 0 Å². The van der Waals surface area contributed by atoms with E-state index in [2.05, 4.69) is 33.1 Å². The topological polar surface area (TPSA) is 34.1 Å². The Bertz CT molecular complexity index is 279. The lowest BCUT2D eigenvalue weighted by atomic mass is 9.78. The quantitative estimate of drug-likeness (QED) is 0.391. The molecule has 0 atom stereocenters. The van der Waals surface area contributed by atoms with Crippen LogP contribution in [0.5, 0.6) is 0 Å². The molecule has 22 heavy (non-hydrogen) atoms. The Morgan fingerprint density at radius 1 is 0.955 bits per heavy atom. The molecular weight excluding hydrogens is 272 g/mol. The SMILES string of the molecule is C.C=C=C(C)C.CC(C)=O.CC1CC(C)CC(C)C1.CC=O. The molecule has 1 fully saturated rings. The average molecular weight is 313 g/mol. The van der Waals surface area contributed by atoms with Crippen molar-refractivity contribution in [3.63, 3.8) is 0 Å². The molecule has 2 heteroatoms. The second-order valence-electron chi connectivity index (χ2n) is 6.34. The molecule has 1 saturated carbocycles. The third-order valence-electron chi connectivity index (χ3n) is 2.77. The molecule has 1 aliphatic carbocycles. The largest absolute Gasteiger partial charge is 0.304 e. The Morgan fingerprint density at radius 2 is 1.09 bits per heavy atom. The second-order valence-corrected chi connectivity index (χ2v) is 6.34. The molecule has 1 rings (SSSR count). The molecule has 0 aromatic rings. The molecule has 1 aliphatic rings. The Labute approximate surface area is 140 Å². The zero-order chi connectivity index (χ0) is 17.4. The van der Waals surface area contributed by atoms with Crippen molar-refractivity contribution in [1.82, 2.24) is 0 Å². The molecule has 132 valence electrons. The van der Waals surface area contributed by atoms with Crippen LogP contribution in [0.25, 0.3) is 0 Å². The van der Waals surface area contributed by atoms with Gasteiger partial charge in [-0.05, 0) is 77.2 Å². The Hall–Kier alpha value is -1.14. The van der Waals surface area contributed by atoms with Crippen molar-refractivity contribution in [3.8, 4) is 0 Å². The predicted molar refractivity (Wildman–Crippen MR) is 100 cm³/mol. The number of carbonyl (C=O) groups excluding carboxylic acids is 2. The van der Waals surface area contributed by atoms with Crippen molar-refractivity contribution in [3.05, 3.63) is 17.9 Å². The molecular formula is C20H40O2. The fourth-order valence-electron chi connectivity index (χ4n) is 2.35. The molecule has 0 aromatic heterocycles. The van der Waals surface area contributed by atoms with Crippen LogP contribution in [0.1, 0.15) is 82.1 Å². The van der Waals surface area contributed by atoms with Crippen LogP contribution in [0, 0.1) is 17.8 Å². The standard InChI is InChI=1S/C9H18.C5H8.C3H6O.C2H4O.CH4/c1-7-4-8(2)6-9(3)5-7;1-4-5(2)3;1-3(2)4;1-2-3;/h7-9H,4-6H2,1-3H3;1H2,2-3H3;1-2H3;2H,1H3;1H4. The summed E-state index contributed by atoms with van der Waals surface area (Å²) in [5.74, 6) is 3.14. The molecule has 0 N–H and O–H groups in total. The van der Waals surface area contributed by atoms with E-state index in [0.29, 0.717) is 0 Å². The van der Waals surface area contributed by atoms with Crippen LogP contribution in [0.2, 0.25) is 0 Å². The van der Waals surface area contributed by atoms with E-state index in [4.69, 9.17) is 4.79 Å². The number of allylic oxidation sites excluding steroid dienone is 1. The number of rotatable bonds is 0. The van der Waals surface area contributed by atoms with E-state index in [1.54, 1.807) is 0 Å². The van der Waals surface area contributed by atoms with E-state index in [1.165, 1.54) is 40.0 Å². The first-order valence-corrected chi connectivity index (χ1v) is 7.80. The minimum Gasteiger partial charge on any atom is -0.304 e. The number of hydrogen-bond donors (Lipinski definition) is 0. The van der Waals surface area contributed by atoms with E-state index in [0.717, 1.165) is 29.6 Å². The summed E-state index contributed by atoms with van der Waals surface area (Å²) in [6.45, 7) is 19.0. The Kier molecular flexibility index (Phi) is 26.1. The van der Waals surface area contributed by atoms with E-state index in [-0.39, 0.29) is 13.2 Å². The second kappa shape index (κ2) is 19.9. The highest BCUT2D eigenvalue weighted by atomic mass is 16.1. The van der Waals surface area contributed by atoms with Crippen LogP contribution in [0.4, 0.5) is 0 Å². The summed E-state index contributed by atoms with van der Waals surface area (Å²) in [6, 6.07) is 0. The van der Waals surface area contributed by atoms with Gasteiger partial charge in [-0.3, -0.25) is 0 Å². The highest BCUT2D eigenvalue weighted by Gasteiger charge is 2.19. The lowest BCUT2D eigenvalue weighted by Crippen LogP contribution is -2.16. The first-order valence-electron chi connectivity index (χ1n) is 7.80. The van der Waals surface area contributed by atoms with Gasteiger partial charge in [0.1, 0.15) is 12.1 Å². The van der Waals surface area contributed by atoms with Crippen molar-refractivity contribution < 1.29 is 9.59 Å². The Balaban J connectivity index is -0.000000108. The van der Waals surface area contributed by atoms with Gasteiger partial charge < -0.3 is 9.59 Å². The number of hydrogen-bond acceptors (Lipinski definition) is 2. The van der Waals surface area contributed by atoms with Crippen LogP contribution in [0.15, 0.2) is 17.9 Å². The van der Waals surface area contributed by atoms with Crippen LogP contribution in [-0.4, -0.2) is 12.1 Å². The van der Waals surface area contributed by atoms with Crippen LogP contribution < -0.4 is 0 Å². The zero-order valence-electron chi connectivity index (χ0n) is 15.5. The molecule has 0 amide bonds. The minimum atomic E-state index is 0. The molecule has 0 aliphatic heterocycles. The fraction of sp³-hybridized carbons (Fsp3) is 0.750. The van der Waals surface area contributed by atoms with Crippen molar-refractivity contribution in [2.24, 2.45) is 17.8 Å². The third-order valence-corrected chi connectivity index (χ3v) is 2.77. The van der Waals surface area contributed by atoms with E-state index < -0.39 is 0 Å². The highest BCUT2D eigenvalue weighted by Crippen LogP contribution is 2.31. The smallest absolute Gasteiger partial charge is 0.126 e. The van der Waals surface area contributed by atoms with Crippen LogP contribution in [-0.2, 0) is 9.59 Å². The van der Waals surface area contributed by atoms with Crippen molar-refractivity contribution in [1.29, 1.82) is 0 Å². The maximum atomic E-state index is 9.44. The van der Waals surface area contributed by atoms with Crippen molar-refractivity contribution in [2.45, 2.75) is 82.1 Å². The monoisotopic (exact) mass is 312 g/mol. The number of Topliss-reactive ketones (excluding diaryl/α,β-unsaturated/α-hetero) is 1. The molecule has 0 aromatic carbocycles. The summed E-state index contributed by atoms with van der Waals surface area (Å²) in [5.41, 5.74) is 3.84. The van der Waals surface area contributed by atoms with Gasteiger partial charge in [0, 0.05) is 0 Å². The lowest BCUT2D eigenvalue weighted by Gasteiger charge is -2.28. The van der Waals surface area contributed by atoms with Gasteiger partial charge in [0.15, 0.2) is 0 Å². The predicted octanol–water partition coefficient (Wildman–Crippen LogP) is 6.25. The van der Waals surface area contributed by atoms with Gasteiger partial charge in [-0.1, -0.05) is 34.8 Å². The summed E-state index contributed by atoms with van der Waals surface area (Å²) in [7, 11) is 0. The molecule has 0 unspecified atom stereocenters. The molecule has 0 spiro atoms. The molecule has 2 nitrogen and oxygen atoms in total. The van der Waals surface area contributed by atoms with Crippen LogP contribution in [0.3, 0.4) is 0 Å². The van der Waals surface area contributed by atoms with Gasteiger partial charge in [-0.15, -0.1) is 5.73 Å². The van der Waals surface area contributed by atoms with Crippen molar-refractivity contribution in [2.75, 3.05) is 0 Å². The third kappa shape index (κ3) is 36.4. The van der Waals surface area contributed by atoms with Gasteiger partial charge in [-0.25, -0.2) is 0 Å². The maximum Gasteiger partial charge on any atom is 0.126 e. The average Bonchev–Trinajstić information content (AvgIpc) is 2.27. The summed E-state index contributed by atoms with van der Waals surface area (Å²) in [5, 5.41) is 0. The van der Waals surface area contributed by atoms with Gasteiger partial charge in [-0.2, -0.15) is 0 Å². The lowest BCUT2D eigenvalue weighted by molar-refractivity contribution is -0.115. The summed E-state index contributed by atoms with van der Waals surface area (Å²) in [4.78, 5) is 18.2. The van der Waals surface area contributed by atoms with E-state index in [9.17, 15) is 4.79 Å². The molecule has 0 heterocycles. The normalized spacial score (nSPS) is 21.5. The van der Waals surface area contributed by atoms with Crippen LogP contribution >= 0.6 is 0 Å². The number of aldehydes is 1. The van der Waals surface area contributed by atoms with E-state index >= 15 is 0 Å². The first-order chi connectivity index (χ1) is 9.60. The fourth-order valence-corrected chi connectivity index (χ4v) is 2.35. The Morgan fingerprint density at radius 3 is 1.18 bits per heavy atom. The molecule has 0 saturated heterocycles. The number of ketones is 1. The van der Waals surface area contributed by atoms with Gasteiger partial charge in [0.05, 0.1) is 0 Å². The molecule has 0 radical (unpaired) electrons. The summed E-state index contributed by atoms with van der Waals surface area (Å²) < 4.78 is 0. The van der Waals surface area contributed by atoms with Gasteiger partial charge in [0.2, 0.25) is 0 Å². The number of carbonyl (C=O) groups is 2. The minimum absolute atomic E-state index is 0. The summed E-state index contributed by atoms with van der Waals surface area (Å²) in [6.07, 6.45) is 5.14. The summed E-state index contributed by atoms with van der Waals surface area (Å²) >= 11 is 0. The molecule has 0 bridgehead atoms.